The van der Waals surface area contributed by atoms with Crippen molar-refractivity contribution in [2.24, 2.45) is 0 Å². The normalized spacial score (nSPS) is 15.5. The van der Waals surface area contributed by atoms with E-state index in [1.54, 1.807) is 7.11 Å². The molecule has 1 saturated heterocycles. The molecule has 29 heavy (non-hydrogen) atoms. The standard InChI is InChI=1S/C24H29N3O2/c1-17-21(20-10-3-4-11-22(20)26-17)15-24(28)25-16-23(27-12-5-6-13-27)18-8-7-9-19(14-18)29-2/h3-4,7-11,14,23,26H,5-6,12-13,15-16H2,1-2H3,(H,25,28). The molecule has 0 aliphatic carbocycles. The van der Waals surface area contributed by atoms with E-state index in [1.807, 2.05) is 31.2 Å². The van der Waals surface area contributed by atoms with Crippen molar-refractivity contribution in [2.75, 3.05) is 26.7 Å². The molecule has 0 spiro atoms. The van der Waals surface area contributed by atoms with E-state index in [2.05, 4.69) is 39.5 Å². The lowest BCUT2D eigenvalue weighted by Gasteiger charge is -2.28. The number of hydrogen-bond donors (Lipinski definition) is 2. The second-order valence-electron chi connectivity index (χ2n) is 7.79. The maximum atomic E-state index is 12.8. The Balaban J connectivity index is 1.48. The fraction of sp³-hybridized carbons (Fsp3) is 0.375. The van der Waals surface area contributed by atoms with Crippen molar-refractivity contribution >= 4 is 16.8 Å². The van der Waals surface area contributed by atoms with Gasteiger partial charge in [-0.25, -0.2) is 0 Å². The predicted octanol–water partition coefficient (Wildman–Crippen LogP) is 3.98. The first-order chi connectivity index (χ1) is 14.2. The van der Waals surface area contributed by atoms with Gasteiger partial charge in [0, 0.05) is 23.1 Å². The molecule has 5 nitrogen and oxygen atoms in total. The monoisotopic (exact) mass is 391 g/mol. The van der Waals surface area contributed by atoms with Crippen LogP contribution in [0.4, 0.5) is 0 Å². The largest absolute Gasteiger partial charge is 0.497 e. The highest BCUT2D eigenvalue weighted by Crippen LogP contribution is 2.27. The van der Waals surface area contributed by atoms with Crippen molar-refractivity contribution in [3.05, 3.63) is 65.4 Å². The van der Waals surface area contributed by atoms with Crippen LogP contribution in [0.5, 0.6) is 5.75 Å². The van der Waals surface area contributed by atoms with Gasteiger partial charge in [-0.3, -0.25) is 9.69 Å². The van der Waals surface area contributed by atoms with Crippen LogP contribution >= 0.6 is 0 Å². The number of ether oxygens (including phenoxy) is 1. The molecular formula is C24H29N3O2. The van der Waals surface area contributed by atoms with Crippen molar-refractivity contribution in [3.63, 3.8) is 0 Å². The van der Waals surface area contributed by atoms with E-state index >= 15 is 0 Å². The van der Waals surface area contributed by atoms with Gasteiger partial charge < -0.3 is 15.0 Å². The molecule has 1 aliphatic rings. The van der Waals surface area contributed by atoms with E-state index in [-0.39, 0.29) is 11.9 Å². The number of nitrogens with zero attached hydrogens (tertiary/aromatic N) is 1. The van der Waals surface area contributed by atoms with Gasteiger partial charge in [0.15, 0.2) is 0 Å². The quantitative estimate of drug-likeness (QED) is 0.640. The lowest BCUT2D eigenvalue weighted by molar-refractivity contribution is -0.120. The molecule has 1 aliphatic heterocycles. The number of benzene rings is 2. The predicted molar refractivity (Wildman–Crippen MR) is 116 cm³/mol. The maximum Gasteiger partial charge on any atom is 0.224 e. The number of amides is 1. The minimum Gasteiger partial charge on any atom is -0.497 e. The third-order valence-electron chi connectivity index (χ3n) is 5.92. The van der Waals surface area contributed by atoms with E-state index in [1.165, 1.54) is 18.4 Å². The number of carbonyl (C=O) groups is 1. The maximum absolute atomic E-state index is 12.8. The molecule has 2 aromatic carbocycles. The van der Waals surface area contributed by atoms with E-state index in [0.717, 1.165) is 41.0 Å². The molecule has 1 fully saturated rings. The van der Waals surface area contributed by atoms with Crippen LogP contribution in [0.3, 0.4) is 0 Å². The number of nitrogens with one attached hydrogen (secondary N) is 2. The van der Waals surface area contributed by atoms with Gasteiger partial charge in [-0.2, -0.15) is 0 Å². The molecular weight excluding hydrogens is 362 g/mol. The van der Waals surface area contributed by atoms with E-state index in [9.17, 15) is 4.79 Å². The number of carbonyl (C=O) groups excluding carboxylic acids is 1. The first kappa shape index (κ1) is 19.5. The van der Waals surface area contributed by atoms with Crippen molar-refractivity contribution in [1.82, 2.24) is 15.2 Å². The Morgan fingerprint density at radius 1 is 1.17 bits per heavy atom. The number of H-pyrrole nitrogens is 1. The van der Waals surface area contributed by atoms with Gasteiger partial charge in [0.25, 0.3) is 0 Å². The average molecular weight is 392 g/mol. The molecule has 2 heterocycles. The molecule has 1 atom stereocenters. The van der Waals surface area contributed by atoms with Gasteiger partial charge in [0.2, 0.25) is 5.91 Å². The Kier molecular flexibility index (Phi) is 5.86. The molecule has 5 heteroatoms. The molecule has 4 rings (SSSR count). The van der Waals surface area contributed by atoms with Crippen LogP contribution in [0, 0.1) is 6.92 Å². The van der Waals surface area contributed by atoms with Crippen LogP contribution < -0.4 is 10.1 Å². The number of aromatic amines is 1. The van der Waals surface area contributed by atoms with Gasteiger partial charge in [-0.05, 0) is 62.2 Å². The zero-order valence-corrected chi connectivity index (χ0v) is 17.2. The van der Waals surface area contributed by atoms with E-state index < -0.39 is 0 Å². The SMILES string of the molecule is COc1cccc(C(CNC(=O)Cc2c(C)[nH]c3ccccc23)N2CCCC2)c1. The molecule has 0 radical (unpaired) electrons. The summed E-state index contributed by atoms with van der Waals surface area (Å²) in [6.07, 6.45) is 2.81. The van der Waals surface area contributed by atoms with Crippen molar-refractivity contribution in [2.45, 2.75) is 32.2 Å². The van der Waals surface area contributed by atoms with Gasteiger partial charge in [0.1, 0.15) is 5.75 Å². The summed E-state index contributed by atoms with van der Waals surface area (Å²) >= 11 is 0. The van der Waals surface area contributed by atoms with E-state index in [0.29, 0.717) is 13.0 Å². The molecule has 152 valence electrons. The van der Waals surface area contributed by atoms with Crippen molar-refractivity contribution < 1.29 is 9.53 Å². The first-order valence-corrected chi connectivity index (χ1v) is 10.4. The zero-order valence-electron chi connectivity index (χ0n) is 17.2. The third kappa shape index (κ3) is 4.30. The Bertz CT molecular complexity index is 989. The van der Waals surface area contributed by atoms with Crippen LogP contribution in [0.15, 0.2) is 48.5 Å². The van der Waals surface area contributed by atoms with Gasteiger partial charge in [-0.1, -0.05) is 30.3 Å². The molecule has 0 saturated carbocycles. The van der Waals surface area contributed by atoms with Crippen LogP contribution in [0.25, 0.3) is 10.9 Å². The highest BCUT2D eigenvalue weighted by Gasteiger charge is 2.24. The summed E-state index contributed by atoms with van der Waals surface area (Å²) in [4.78, 5) is 18.7. The molecule has 1 amide bonds. The van der Waals surface area contributed by atoms with Gasteiger partial charge in [-0.15, -0.1) is 0 Å². The number of methoxy groups -OCH3 is 1. The summed E-state index contributed by atoms with van der Waals surface area (Å²) < 4.78 is 5.41. The number of aromatic nitrogens is 1. The van der Waals surface area contributed by atoms with Crippen molar-refractivity contribution in [1.29, 1.82) is 0 Å². The minimum absolute atomic E-state index is 0.0601. The minimum atomic E-state index is 0.0601. The summed E-state index contributed by atoms with van der Waals surface area (Å²) in [6.45, 7) is 4.78. The number of rotatable bonds is 7. The van der Waals surface area contributed by atoms with Crippen LogP contribution in [-0.4, -0.2) is 42.5 Å². The Hall–Kier alpha value is -2.79. The highest BCUT2D eigenvalue weighted by molar-refractivity contribution is 5.90. The summed E-state index contributed by atoms with van der Waals surface area (Å²) in [6, 6.07) is 16.5. The van der Waals surface area contributed by atoms with Gasteiger partial charge >= 0.3 is 0 Å². The number of likely N-dealkylation sites (tertiary alicyclic amines) is 1. The first-order valence-electron chi connectivity index (χ1n) is 10.4. The molecule has 1 aromatic heterocycles. The fourth-order valence-electron chi connectivity index (χ4n) is 4.36. The molecule has 3 aromatic rings. The summed E-state index contributed by atoms with van der Waals surface area (Å²) in [5.41, 5.74) is 4.41. The van der Waals surface area contributed by atoms with Crippen LogP contribution in [0.2, 0.25) is 0 Å². The Morgan fingerprint density at radius 3 is 2.76 bits per heavy atom. The Morgan fingerprint density at radius 2 is 1.97 bits per heavy atom. The summed E-state index contributed by atoms with van der Waals surface area (Å²) in [7, 11) is 1.69. The highest BCUT2D eigenvalue weighted by atomic mass is 16.5. The third-order valence-corrected chi connectivity index (χ3v) is 5.92. The summed E-state index contributed by atoms with van der Waals surface area (Å²) in [5.74, 6) is 0.914. The lowest BCUT2D eigenvalue weighted by atomic mass is 10.0. The zero-order chi connectivity index (χ0) is 20.2. The molecule has 2 N–H and O–H groups in total. The summed E-state index contributed by atoms with van der Waals surface area (Å²) in [5, 5.41) is 4.32. The van der Waals surface area contributed by atoms with Gasteiger partial charge in [0.05, 0.1) is 19.6 Å². The smallest absolute Gasteiger partial charge is 0.224 e. The average Bonchev–Trinajstić information content (AvgIpc) is 3.37. The number of hydrogen-bond acceptors (Lipinski definition) is 3. The lowest BCUT2D eigenvalue weighted by Crippen LogP contribution is -2.37. The van der Waals surface area contributed by atoms with Crippen molar-refractivity contribution in [3.8, 4) is 5.75 Å². The van der Waals surface area contributed by atoms with E-state index in [4.69, 9.17) is 4.74 Å². The topological polar surface area (TPSA) is 57.4 Å². The Labute approximate surface area is 172 Å². The number of fused-ring (bicyclic) bond motifs is 1. The molecule has 0 bridgehead atoms. The van der Waals surface area contributed by atoms with Crippen LogP contribution in [0.1, 0.15) is 35.7 Å². The molecule has 1 unspecified atom stereocenters. The second kappa shape index (κ2) is 8.70. The number of aryl methyl sites for hydroxylation is 1. The fourth-order valence-corrected chi connectivity index (χ4v) is 4.36. The second-order valence-corrected chi connectivity index (χ2v) is 7.79. The van der Waals surface area contributed by atoms with Crippen LogP contribution in [-0.2, 0) is 11.2 Å². The number of para-hydroxylation sites is 1.